The van der Waals surface area contributed by atoms with Gasteiger partial charge in [0.1, 0.15) is 6.26 Å². The van der Waals surface area contributed by atoms with Crippen LogP contribution in [0.1, 0.15) is 16.1 Å². The van der Waals surface area contributed by atoms with Crippen molar-refractivity contribution in [3.8, 4) is 0 Å². The van der Waals surface area contributed by atoms with Crippen LogP contribution in [0.15, 0.2) is 33.4 Å². The number of rotatable bonds is 3. The van der Waals surface area contributed by atoms with Crippen molar-refractivity contribution < 1.29 is 14.1 Å². The highest BCUT2D eigenvalue weighted by molar-refractivity contribution is 9.10. The molecule has 2 rings (SSSR count). The van der Waals surface area contributed by atoms with Crippen LogP contribution in [0.2, 0.25) is 0 Å². The topological polar surface area (TPSA) is 98.3 Å². The first-order chi connectivity index (χ1) is 8.97. The van der Waals surface area contributed by atoms with E-state index in [1.807, 2.05) is 0 Å². The van der Waals surface area contributed by atoms with E-state index in [0.717, 1.165) is 0 Å². The number of carbonyl (C=O) groups excluding carboxylic acids is 1. The SMILES string of the molecule is Cc1coc(NC(=O)c2cc([N+](=O)[O-])ccc2Br)n1. The highest BCUT2D eigenvalue weighted by atomic mass is 79.9. The molecule has 0 unspecified atom stereocenters. The quantitative estimate of drug-likeness (QED) is 0.691. The van der Waals surface area contributed by atoms with E-state index in [1.165, 1.54) is 24.5 Å². The Balaban J connectivity index is 2.27. The first kappa shape index (κ1) is 13.2. The summed E-state index contributed by atoms with van der Waals surface area (Å²) >= 11 is 3.16. The van der Waals surface area contributed by atoms with Gasteiger partial charge in [-0.3, -0.25) is 20.2 Å². The Morgan fingerprint density at radius 2 is 2.26 bits per heavy atom. The number of non-ortho nitro benzene ring substituents is 1. The molecule has 2 aromatic rings. The first-order valence-electron chi connectivity index (χ1n) is 5.15. The number of aromatic nitrogens is 1. The van der Waals surface area contributed by atoms with Crippen LogP contribution in [0.3, 0.4) is 0 Å². The molecule has 1 N–H and O–H groups in total. The highest BCUT2D eigenvalue weighted by Crippen LogP contribution is 2.23. The highest BCUT2D eigenvalue weighted by Gasteiger charge is 2.17. The van der Waals surface area contributed by atoms with Crippen molar-refractivity contribution in [3.63, 3.8) is 0 Å². The molecule has 1 aromatic carbocycles. The summed E-state index contributed by atoms with van der Waals surface area (Å²) in [5.41, 5.74) is 0.579. The van der Waals surface area contributed by atoms with Gasteiger partial charge < -0.3 is 4.42 Å². The van der Waals surface area contributed by atoms with Gasteiger partial charge in [-0.2, -0.15) is 4.98 Å². The molecule has 0 atom stereocenters. The van der Waals surface area contributed by atoms with E-state index < -0.39 is 10.8 Å². The maximum absolute atomic E-state index is 12.0. The van der Waals surface area contributed by atoms with Crippen molar-refractivity contribution in [3.05, 3.63) is 50.3 Å². The molecule has 19 heavy (non-hydrogen) atoms. The fourth-order valence-electron chi connectivity index (χ4n) is 1.38. The molecule has 98 valence electrons. The maximum atomic E-state index is 12.0. The lowest BCUT2D eigenvalue weighted by Gasteiger charge is -2.03. The van der Waals surface area contributed by atoms with Crippen LogP contribution in [0.25, 0.3) is 0 Å². The van der Waals surface area contributed by atoms with Crippen molar-refractivity contribution in [1.29, 1.82) is 0 Å². The van der Waals surface area contributed by atoms with Gasteiger partial charge in [-0.25, -0.2) is 0 Å². The van der Waals surface area contributed by atoms with E-state index >= 15 is 0 Å². The molecule has 1 amide bonds. The lowest BCUT2D eigenvalue weighted by atomic mass is 10.2. The summed E-state index contributed by atoms with van der Waals surface area (Å²) < 4.78 is 5.43. The predicted molar refractivity (Wildman–Crippen MR) is 70.0 cm³/mol. The van der Waals surface area contributed by atoms with E-state index in [1.54, 1.807) is 6.92 Å². The summed E-state index contributed by atoms with van der Waals surface area (Å²) in [6.07, 6.45) is 1.39. The minimum absolute atomic E-state index is 0.0425. The number of carbonyl (C=O) groups is 1. The fourth-order valence-corrected chi connectivity index (χ4v) is 1.80. The number of nitro benzene ring substituents is 1. The van der Waals surface area contributed by atoms with Gasteiger partial charge in [0.2, 0.25) is 0 Å². The van der Waals surface area contributed by atoms with Crippen molar-refractivity contribution in [2.24, 2.45) is 0 Å². The third-order valence-electron chi connectivity index (χ3n) is 2.24. The van der Waals surface area contributed by atoms with Crippen molar-refractivity contribution in [1.82, 2.24) is 4.98 Å². The van der Waals surface area contributed by atoms with Gasteiger partial charge in [-0.15, -0.1) is 0 Å². The monoisotopic (exact) mass is 325 g/mol. The van der Waals surface area contributed by atoms with Crippen molar-refractivity contribution in [2.45, 2.75) is 6.92 Å². The standard InChI is InChI=1S/C11H8BrN3O4/c1-6-5-19-11(13-6)14-10(16)8-4-7(15(17)18)2-3-9(8)12/h2-5H,1H3,(H,13,14,16). The van der Waals surface area contributed by atoms with E-state index in [-0.39, 0.29) is 17.3 Å². The molecular formula is C11H8BrN3O4. The van der Waals surface area contributed by atoms with Crippen LogP contribution in [-0.4, -0.2) is 15.8 Å². The normalized spacial score (nSPS) is 10.2. The van der Waals surface area contributed by atoms with Crippen LogP contribution in [-0.2, 0) is 0 Å². The van der Waals surface area contributed by atoms with Crippen LogP contribution in [0.5, 0.6) is 0 Å². The Morgan fingerprint density at radius 1 is 1.53 bits per heavy atom. The smallest absolute Gasteiger partial charge is 0.301 e. The van der Waals surface area contributed by atoms with Gasteiger partial charge in [0.25, 0.3) is 11.6 Å². The molecule has 1 aromatic heterocycles. The Kier molecular flexibility index (Phi) is 3.61. The molecule has 0 aliphatic heterocycles. The Labute approximate surface area is 115 Å². The average Bonchev–Trinajstić information content (AvgIpc) is 2.74. The van der Waals surface area contributed by atoms with Gasteiger partial charge >= 0.3 is 6.01 Å². The number of nitrogens with one attached hydrogen (secondary N) is 1. The minimum Gasteiger partial charge on any atom is -0.432 e. The minimum atomic E-state index is -0.571. The van der Waals surface area contributed by atoms with Crippen molar-refractivity contribution in [2.75, 3.05) is 5.32 Å². The molecule has 0 aliphatic carbocycles. The summed E-state index contributed by atoms with van der Waals surface area (Å²) in [7, 11) is 0. The van der Waals surface area contributed by atoms with Gasteiger partial charge in [-0.05, 0) is 28.9 Å². The van der Waals surface area contributed by atoms with Crippen LogP contribution >= 0.6 is 15.9 Å². The Bertz CT molecular complexity index is 653. The van der Waals surface area contributed by atoms with Gasteiger partial charge in [0.05, 0.1) is 16.2 Å². The summed E-state index contributed by atoms with van der Waals surface area (Å²) in [4.78, 5) is 26.0. The van der Waals surface area contributed by atoms with Crippen LogP contribution in [0, 0.1) is 17.0 Å². The molecule has 1 heterocycles. The second-order valence-corrected chi connectivity index (χ2v) is 4.52. The lowest BCUT2D eigenvalue weighted by Crippen LogP contribution is -2.13. The summed E-state index contributed by atoms with van der Waals surface area (Å²) in [6.45, 7) is 1.71. The zero-order valence-electron chi connectivity index (χ0n) is 9.71. The number of nitrogens with zero attached hydrogens (tertiary/aromatic N) is 2. The van der Waals surface area contributed by atoms with E-state index in [2.05, 4.69) is 26.2 Å². The predicted octanol–water partition coefficient (Wildman–Crippen LogP) is 2.91. The largest absolute Gasteiger partial charge is 0.432 e. The summed E-state index contributed by atoms with van der Waals surface area (Å²) in [5.74, 6) is -0.544. The van der Waals surface area contributed by atoms with Crippen molar-refractivity contribution >= 4 is 33.5 Å². The third kappa shape index (κ3) is 2.97. The number of benzene rings is 1. The second-order valence-electron chi connectivity index (χ2n) is 3.67. The molecule has 0 saturated heterocycles. The molecular weight excluding hydrogens is 318 g/mol. The summed E-state index contributed by atoms with van der Waals surface area (Å²) in [6, 6.07) is 3.96. The molecule has 0 bridgehead atoms. The van der Waals surface area contributed by atoms with E-state index in [0.29, 0.717) is 10.2 Å². The molecule has 0 aliphatic rings. The number of hydrogen-bond acceptors (Lipinski definition) is 5. The lowest BCUT2D eigenvalue weighted by molar-refractivity contribution is -0.384. The number of amides is 1. The third-order valence-corrected chi connectivity index (χ3v) is 2.94. The molecule has 0 fully saturated rings. The molecule has 7 nitrogen and oxygen atoms in total. The van der Waals surface area contributed by atoms with E-state index in [9.17, 15) is 14.9 Å². The Hall–Kier alpha value is -2.22. The average molecular weight is 326 g/mol. The number of hydrogen-bond donors (Lipinski definition) is 1. The molecule has 8 heteroatoms. The van der Waals surface area contributed by atoms with Crippen LogP contribution < -0.4 is 5.32 Å². The second kappa shape index (κ2) is 5.19. The number of nitro groups is 1. The van der Waals surface area contributed by atoms with Gasteiger partial charge in [0, 0.05) is 16.6 Å². The maximum Gasteiger partial charge on any atom is 0.301 e. The van der Waals surface area contributed by atoms with Gasteiger partial charge in [0.15, 0.2) is 0 Å². The molecule has 0 spiro atoms. The molecule has 0 saturated carbocycles. The zero-order valence-corrected chi connectivity index (χ0v) is 11.3. The zero-order chi connectivity index (χ0) is 14.0. The Morgan fingerprint density at radius 3 is 2.84 bits per heavy atom. The van der Waals surface area contributed by atoms with Crippen LogP contribution in [0.4, 0.5) is 11.7 Å². The fraction of sp³-hybridized carbons (Fsp3) is 0.0909. The molecule has 0 radical (unpaired) electrons. The number of oxazole rings is 1. The summed E-state index contributed by atoms with van der Waals surface area (Å²) in [5, 5.41) is 13.1. The van der Waals surface area contributed by atoms with Gasteiger partial charge in [-0.1, -0.05) is 0 Å². The first-order valence-corrected chi connectivity index (χ1v) is 5.94. The number of aryl methyl sites for hydroxylation is 1. The number of anilines is 1. The number of halogens is 1. The van der Waals surface area contributed by atoms with E-state index in [4.69, 9.17) is 4.42 Å².